The molecular weight excluding hydrogens is 270 g/mol. The molecule has 0 saturated heterocycles. The molecule has 1 rings (SSSR count). The zero-order chi connectivity index (χ0) is 16.0. The summed E-state index contributed by atoms with van der Waals surface area (Å²) < 4.78 is 5.14. The fourth-order valence-electron chi connectivity index (χ4n) is 2.16. The van der Waals surface area contributed by atoms with Crippen molar-refractivity contribution >= 4 is 11.4 Å². The summed E-state index contributed by atoms with van der Waals surface area (Å²) in [6.45, 7) is 8.56. The van der Waals surface area contributed by atoms with Crippen LogP contribution in [0, 0.1) is 15.5 Å². The zero-order valence-corrected chi connectivity index (χ0v) is 13.3. The van der Waals surface area contributed by atoms with E-state index in [1.807, 2.05) is 0 Å². The number of nitrogens with zero attached hydrogens (tertiary/aromatic N) is 2. The van der Waals surface area contributed by atoms with Crippen molar-refractivity contribution in [1.29, 1.82) is 0 Å². The quantitative estimate of drug-likeness (QED) is 0.589. The first-order valence-corrected chi connectivity index (χ1v) is 7.12. The average Bonchev–Trinajstić information content (AvgIpc) is 2.45. The molecule has 118 valence electrons. The maximum absolute atomic E-state index is 11.0. The molecule has 0 radical (unpaired) electrons. The third-order valence-corrected chi connectivity index (χ3v) is 3.39. The Hall–Kier alpha value is -1.82. The van der Waals surface area contributed by atoms with Crippen LogP contribution in [0.1, 0.15) is 27.2 Å². The average molecular weight is 295 g/mol. The second-order valence-corrected chi connectivity index (χ2v) is 5.90. The molecule has 0 aliphatic heterocycles. The fraction of sp³-hybridized carbons (Fsp3) is 0.600. The summed E-state index contributed by atoms with van der Waals surface area (Å²) >= 11 is 0. The Morgan fingerprint density at radius 3 is 2.57 bits per heavy atom. The van der Waals surface area contributed by atoms with Gasteiger partial charge in [-0.2, -0.15) is 0 Å². The van der Waals surface area contributed by atoms with Crippen LogP contribution in [0.2, 0.25) is 0 Å². The monoisotopic (exact) mass is 295 g/mol. The molecule has 0 aromatic heterocycles. The highest BCUT2D eigenvalue weighted by Crippen LogP contribution is 2.32. The molecule has 1 aromatic rings. The Labute approximate surface area is 126 Å². The standard InChI is InChI=1S/C15H25N3O3/c1-5-8-17(11-15(2,3)10-16)12-6-7-13(18(19)20)14(9-12)21-4/h6-7,9H,5,8,10-11,16H2,1-4H3. The normalized spacial score (nSPS) is 11.3. The van der Waals surface area contributed by atoms with Crippen LogP contribution in [0.25, 0.3) is 0 Å². The molecule has 6 nitrogen and oxygen atoms in total. The minimum atomic E-state index is -0.434. The molecule has 21 heavy (non-hydrogen) atoms. The highest BCUT2D eigenvalue weighted by atomic mass is 16.6. The van der Waals surface area contributed by atoms with Gasteiger partial charge in [-0.25, -0.2) is 0 Å². The van der Waals surface area contributed by atoms with Gasteiger partial charge < -0.3 is 15.4 Å². The van der Waals surface area contributed by atoms with Crippen molar-refractivity contribution in [2.24, 2.45) is 11.1 Å². The number of ether oxygens (including phenoxy) is 1. The predicted octanol–water partition coefficient (Wildman–Crippen LogP) is 2.80. The molecule has 0 unspecified atom stereocenters. The van der Waals surface area contributed by atoms with E-state index in [0.717, 1.165) is 25.2 Å². The van der Waals surface area contributed by atoms with Crippen molar-refractivity contribution in [3.05, 3.63) is 28.3 Å². The SMILES string of the molecule is CCCN(CC(C)(C)CN)c1ccc([N+](=O)[O-])c(OC)c1. The van der Waals surface area contributed by atoms with Gasteiger partial charge in [0.25, 0.3) is 0 Å². The van der Waals surface area contributed by atoms with Crippen LogP contribution in [0.15, 0.2) is 18.2 Å². The van der Waals surface area contributed by atoms with E-state index in [1.165, 1.54) is 13.2 Å². The van der Waals surface area contributed by atoms with E-state index < -0.39 is 4.92 Å². The van der Waals surface area contributed by atoms with Gasteiger partial charge in [-0.1, -0.05) is 20.8 Å². The maximum atomic E-state index is 11.0. The largest absolute Gasteiger partial charge is 0.490 e. The summed E-state index contributed by atoms with van der Waals surface area (Å²) in [7, 11) is 1.44. The van der Waals surface area contributed by atoms with Crippen LogP contribution in [0.4, 0.5) is 11.4 Å². The van der Waals surface area contributed by atoms with Crippen molar-refractivity contribution < 1.29 is 9.66 Å². The summed E-state index contributed by atoms with van der Waals surface area (Å²) in [5, 5.41) is 11.0. The van der Waals surface area contributed by atoms with Crippen LogP contribution in [0.3, 0.4) is 0 Å². The molecule has 1 aromatic carbocycles. The lowest BCUT2D eigenvalue weighted by molar-refractivity contribution is -0.385. The molecule has 0 heterocycles. The molecule has 0 aliphatic rings. The number of hydrogen-bond acceptors (Lipinski definition) is 5. The number of nitrogens with two attached hydrogens (primary N) is 1. The number of benzene rings is 1. The number of nitro groups is 1. The lowest BCUT2D eigenvalue weighted by atomic mass is 9.92. The number of hydrogen-bond donors (Lipinski definition) is 1. The Bertz CT molecular complexity index is 489. The van der Waals surface area contributed by atoms with Gasteiger partial charge in [0.2, 0.25) is 0 Å². The van der Waals surface area contributed by atoms with E-state index in [9.17, 15) is 10.1 Å². The van der Waals surface area contributed by atoms with Crippen molar-refractivity contribution in [3.8, 4) is 5.75 Å². The molecule has 0 atom stereocenters. The number of methoxy groups -OCH3 is 1. The van der Waals surface area contributed by atoms with E-state index in [4.69, 9.17) is 10.5 Å². The fourth-order valence-corrected chi connectivity index (χ4v) is 2.16. The molecule has 0 saturated carbocycles. The maximum Gasteiger partial charge on any atom is 0.311 e. The third kappa shape index (κ3) is 4.60. The summed E-state index contributed by atoms with van der Waals surface area (Å²) in [6, 6.07) is 4.98. The first kappa shape index (κ1) is 17.2. The van der Waals surface area contributed by atoms with E-state index >= 15 is 0 Å². The van der Waals surface area contributed by atoms with Crippen LogP contribution in [-0.4, -0.2) is 31.7 Å². The van der Waals surface area contributed by atoms with E-state index in [2.05, 4.69) is 25.7 Å². The van der Waals surface area contributed by atoms with Gasteiger partial charge in [-0.05, 0) is 24.4 Å². The zero-order valence-electron chi connectivity index (χ0n) is 13.3. The van der Waals surface area contributed by atoms with Crippen molar-refractivity contribution in [2.45, 2.75) is 27.2 Å². The van der Waals surface area contributed by atoms with Gasteiger partial charge in [0, 0.05) is 30.9 Å². The summed E-state index contributed by atoms with van der Waals surface area (Å²) in [6.07, 6.45) is 0.986. The van der Waals surface area contributed by atoms with Gasteiger partial charge >= 0.3 is 5.69 Å². The van der Waals surface area contributed by atoms with E-state index in [-0.39, 0.29) is 16.9 Å². The first-order valence-electron chi connectivity index (χ1n) is 7.12. The molecule has 0 spiro atoms. The van der Waals surface area contributed by atoms with Crippen LogP contribution >= 0.6 is 0 Å². The predicted molar refractivity (Wildman–Crippen MR) is 85.0 cm³/mol. The van der Waals surface area contributed by atoms with Crippen LogP contribution in [0.5, 0.6) is 5.75 Å². The second-order valence-electron chi connectivity index (χ2n) is 5.90. The Morgan fingerprint density at radius 2 is 2.10 bits per heavy atom. The Morgan fingerprint density at radius 1 is 1.43 bits per heavy atom. The topological polar surface area (TPSA) is 81.6 Å². The minimum absolute atomic E-state index is 0.0178. The lowest BCUT2D eigenvalue weighted by Gasteiger charge is -2.33. The minimum Gasteiger partial charge on any atom is -0.490 e. The van der Waals surface area contributed by atoms with Crippen molar-refractivity contribution in [1.82, 2.24) is 0 Å². The summed E-state index contributed by atoms with van der Waals surface area (Å²) in [4.78, 5) is 12.7. The lowest BCUT2D eigenvalue weighted by Crippen LogP contribution is -2.39. The first-order chi connectivity index (χ1) is 9.84. The molecule has 0 aliphatic carbocycles. The molecule has 0 amide bonds. The van der Waals surface area contributed by atoms with Crippen LogP contribution in [-0.2, 0) is 0 Å². The highest BCUT2D eigenvalue weighted by molar-refractivity contribution is 5.59. The molecular formula is C15H25N3O3. The van der Waals surface area contributed by atoms with Gasteiger partial charge in [0.05, 0.1) is 12.0 Å². The number of rotatable bonds is 8. The molecule has 6 heteroatoms. The summed E-state index contributed by atoms with van der Waals surface area (Å²) in [5.74, 6) is 0.282. The van der Waals surface area contributed by atoms with Crippen LogP contribution < -0.4 is 15.4 Å². The molecule has 0 bridgehead atoms. The van der Waals surface area contributed by atoms with Gasteiger partial charge in [-0.3, -0.25) is 10.1 Å². The highest BCUT2D eigenvalue weighted by Gasteiger charge is 2.22. The van der Waals surface area contributed by atoms with Crippen molar-refractivity contribution in [2.75, 3.05) is 31.6 Å². The van der Waals surface area contributed by atoms with Gasteiger partial charge in [-0.15, -0.1) is 0 Å². The number of nitro benzene ring substituents is 1. The smallest absolute Gasteiger partial charge is 0.311 e. The van der Waals surface area contributed by atoms with Crippen molar-refractivity contribution in [3.63, 3.8) is 0 Å². The third-order valence-electron chi connectivity index (χ3n) is 3.39. The number of anilines is 1. The Balaban J connectivity index is 3.11. The second kappa shape index (κ2) is 7.26. The van der Waals surface area contributed by atoms with Gasteiger partial charge in [0.1, 0.15) is 0 Å². The van der Waals surface area contributed by atoms with E-state index in [1.54, 1.807) is 12.1 Å². The van der Waals surface area contributed by atoms with Gasteiger partial charge in [0.15, 0.2) is 5.75 Å². The molecule has 2 N–H and O–H groups in total. The molecule has 0 fully saturated rings. The van der Waals surface area contributed by atoms with E-state index in [0.29, 0.717) is 6.54 Å². The summed E-state index contributed by atoms with van der Waals surface area (Å²) in [5.41, 5.74) is 6.68. The Kier molecular flexibility index (Phi) is 5.96.